The zero-order valence-corrected chi connectivity index (χ0v) is 15.5. The van der Waals surface area contributed by atoms with Crippen molar-refractivity contribution in [2.24, 2.45) is 0 Å². The summed E-state index contributed by atoms with van der Waals surface area (Å²) in [6.45, 7) is 4.53. The first-order valence-electron chi connectivity index (χ1n) is 8.52. The van der Waals surface area contributed by atoms with Crippen LogP contribution in [0.4, 0.5) is 5.69 Å². The number of ether oxygens (including phenoxy) is 1. The Labute approximate surface area is 156 Å². The number of anilines is 1. The normalized spacial score (nSPS) is 16.2. The Morgan fingerprint density at radius 1 is 1.08 bits per heavy atom. The zero-order chi connectivity index (χ0) is 18.4. The fraction of sp³-hybridized carbons (Fsp3) is 0.250. The summed E-state index contributed by atoms with van der Waals surface area (Å²) in [4.78, 5) is 15.7. The quantitative estimate of drug-likeness (QED) is 0.822. The zero-order valence-electron chi connectivity index (χ0n) is 14.7. The number of amides is 1. The third-order valence-electron chi connectivity index (χ3n) is 4.04. The van der Waals surface area contributed by atoms with Gasteiger partial charge in [0.05, 0.1) is 24.0 Å². The summed E-state index contributed by atoms with van der Waals surface area (Å²) >= 11 is 0. The van der Waals surface area contributed by atoms with Gasteiger partial charge in [0.1, 0.15) is 4.91 Å². The van der Waals surface area contributed by atoms with Crippen LogP contribution < -0.4 is 5.32 Å². The van der Waals surface area contributed by atoms with Gasteiger partial charge >= 0.3 is 0 Å². The summed E-state index contributed by atoms with van der Waals surface area (Å²) in [6.07, 6.45) is 1.70. The minimum atomic E-state index is -1.56. The first kappa shape index (κ1) is 18.4. The van der Waals surface area contributed by atoms with Crippen molar-refractivity contribution in [3.8, 4) is 0 Å². The van der Waals surface area contributed by atoms with Crippen molar-refractivity contribution < 1.29 is 13.7 Å². The molecule has 5 nitrogen and oxygen atoms in total. The second kappa shape index (κ2) is 8.78. The largest absolute Gasteiger partial charge is 0.378 e. The van der Waals surface area contributed by atoms with E-state index in [1.54, 1.807) is 18.3 Å². The molecule has 1 aliphatic heterocycles. The van der Waals surface area contributed by atoms with Crippen molar-refractivity contribution in [2.45, 2.75) is 11.8 Å². The van der Waals surface area contributed by atoms with Crippen LogP contribution in [0, 0.1) is 6.92 Å². The van der Waals surface area contributed by atoms with Crippen LogP contribution in [0.5, 0.6) is 0 Å². The molecule has 136 valence electrons. The van der Waals surface area contributed by atoms with Crippen LogP contribution in [0.25, 0.3) is 0 Å². The van der Waals surface area contributed by atoms with E-state index < -0.39 is 10.8 Å². The fourth-order valence-corrected chi connectivity index (χ4v) is 3.69. The smallest absolute Gasteiger partial charge is 0.266 e. The molecule has 0 radical (unpaired) electrons. The number of nitrogens with one attached hydrogen (secondary N) is 1. The maximum atomic E-state index is 13.0. The Balaban J connectivity index is 1.86. The van der Waals surface area contributed by atoms with Gasteiger partial charge in [-0.2, -0.15) is 0 Å². The van der Waals surface area contributed by atoms with Gasteiger partial charge in [0, 0.05) is 29.9 Å². The van der Waals surface area contributed by atoms with Crippen molar-refractivity contribution in [1.29, 1.82) is 0 Å². The summed E-state index contributed by atoms with van der Waals surface area (Å²) < 4.78 is 18.4. The van der Waals surface area contributed by atoms with E-state index in [9.17, 15) is 9.00 Å². The molecule has 1 aliphatic rings. The lowest BCUT2D eigenvalue weighted by atomic mass is 10.2. The molecule has 1 saturated heterocycles. The molecule has 2 aromatic rings. The number of hydrogen-bond donors (Lipinski definition) is 1. The fourth-order valence-electron chi connectivity index (χ4n) is 2.56. The third kappa shape index (κ3) is 4.80. The predicted octanol–water partition coefficient (Wildman–Crippen LogP) is 2.91. The molecule has 6 heteroatoms. The highest BCUT2D eigenvalue weighted by Crippen LogP contribution is 2.18. The van der Waals surface area contributed by atoms with Crippen LogP contribution in [0.15, 0.2) is 70.6 Å². The summed E-state index contributed by atoms with van der Waals surface area (Å²) in [5.41, 5.74) is 1.79. The lowest BCUT2D eigenvalue weighted by Crippen LogP contribution is -2.33. The van der Waals surface area contributed by atoms with E-state index in [-0.39, 0.29) is 10.8 Å². The molecule has 0 aromatic heterocycles. The molecular weight excluding hydrogens is 348 g/mol. The van der Waals surface area contributed by atoms with Crippen LogP contribution in [0.3, 0.4) is 0 Å². The third-order valence-corrected chi connectivity index (χ3v) is 5.43. The molecule has 0 saturated carbocycles. The summed E-state index contributed by atoms with van der Waals surface area (Å²) in [5, 5.41) is 2.85. The van der Waals surface area contributed by atoms with Crippen molar-refractivity contribution in [2.75, 3.05) is 31.6 Å². The standard InChI is InChI=1S/C20H22N2O3S/c1-16-7-9-17(10-8-16)21-20(23)19(15-22-11-13-25-14-12-22)26(24)18-5-3-2-4-6-18/h2-10,15H,11-14H2,1H3,(H,21,23)/b19-15+. The molecule has 1 unspecified atom stereocenters. The van der Waals surface area contributed by atoms with Gasteiger partial charge in [-0.15, -0.1) is 0 Å². The molecule has 1 atom stereocenters. The minimum Gasteiger partial charge on any atom is -0.378 e. The van der Waals surface area contributed by atoms with Gasteiger partial charge in [-0.05, 0) is 31.2 Å². The molecule has 1 N–H and O–H groups in total. The molecule has 1 fully saturated rings. The first-order chi connectivity index (χ1) is 12.6. The Morgan fingerprint density at radius 3 is 2.38 bits per heavy atom. The molecule has 2 aromatic carbocycles. The van der Waals surface area contributed by atoms with E-state index in [2.05, 4.69) is 5.32 Å². The predicted molar refractivity (Wildman–Crippen MR) is 103 cm³/mol. The molecule has 26 heavy (non-hydrogen) atoms. The molecule has 0 spiro atoms. The van der Waals surface area contributed by atoms with Crippen LogP contribution in [-0.4, -0.2) is 41.3 Å². The SMILES string of the molecule is Cc1ccc(NC(=O)/C(=C\N2CCOCC2)S(=O)c2ccccc2)cc1. The highest BCUT2D eigenvalue weighted by Gasteiger charge is 2.21. The van der Waals surface area contributed by atoms with Gasteiger partial charge < -0.3 is 15.0 Å². The molecule has 3 rings (SSSR count). The number of carbonyl (C=O) groups excluding carboxylic acids is 1. The second-order valence-electron chi connectivity index (χ2n) is 6.04. The van der Waals surface area contributed by atoms with Crippen LogP contribution in [-0.2, 0) is 20.3 Å². The van der Waals surface area contributed by atoms with Gasteiger partial charge in [-0.1, -0.05) is 35.9 Å². The molecular formula is C20H22N2O3S. The van der Waals surface area contributed by atoms with Gasteiger partial charge in [0.25, 0.3) is 5.91 Å². The molecule has 0 aliphatic carbocycles. The second-order valence-corrected chi connectivity index (χ2v) is 7.49. The van der Waals surface area contributed by atoms with Crippen LogP contribution in [0.1, 0.15) is 5.56 Å². The Hall–Kier alpha value is -2.44. The van der Waals surface area contributed by atoms with Gasteiger partial charge in [-0.25, -0.2) is 4.21 Å². The van der Waals surface area contributed by atoms with Crippen LogP contribution in [0.2, 0.25) is 0 Å². The Bertz CT molecular complexity index is 798. The summed E-state index contributed by atoms with van der Waals surface area (Å²) in [5.74, 6) is -0.359. The molecule has 1 amide bonds. The lowest BCUT2D eigenvalue weighted by molar-refractivity contribution is -0.112. The number of aryl methyl sites for hydroxylation is 1. The summed E-state index contributed by atoms with van der Waals surface area (Å²) in [7, 11) is -1.56. The van der Waals surface area contributed by atoms with E-state index in [1.165, 1.54) is 0 Å². The van der Waals surface area contributed by atoms with Gasteiger partial charge in [-0.3, -0.25) is 4.79 Å². The van der Waals surface area contributed by atoms with E-state index in [1.807, 2.05) is 54.3 Å². The molecule has 1 heterocycles. The van der Waals surface area contributed by atoms with E-state index in [0.717, 1.165) is 5.56 Å². The molecule has 0 bridgehead atoms. The number of carbonyl (C=O) groups is 1. The topological polar surface area (TPSA) is 58.6 Å². The number of morpholine rings is 1. The van der Waals surface area contributed by atoms with Crippen molar-refractivity contribution >= 4 is 22.4 Å². The maximum Gasteiger partial charge on any atom is 0.266 e. The van der Waals surface area contributed by atoms with E-state index in [4.69, 9.17) is 4.74 Å². The highest BCUT2D eigenvalue weighted by molar-refractivity contribution is 7.90. The van der Waals surface area contributed by atoms with Gasteiger partial charge in [0.2, 0.25) is 0 Å². The van der Waals surface area contributed by atoms with Crippen LogP contribution >= 0.6 is 0 Å². The number of rotatable bonds is 5. The monoisotopic (exact) mass is 370 g/mol. The average Bonchev–Trinajstić information content (AvgIpc) is 2.69. The maximum absolute atomic E-state index is 13.0. The first-order valence-corrected chi connectivity index (χ1v) is 9.67. The average molecular weight is 370 g/mol. The lowest BCUT2D eigenvalue weighted by Gasteiger charge is -2.26. The minimum absolute atomic E-state index is 0.235. The number of nitrogens with zero attached hydrogens (tertiary/aromatic N) is 1. The highest BCUT2D eigenvalue weighted by atomic mass is 32.2. The Morgan fingerprint density at radius 2 is 1.73 bits per heavy atom. The van der Waals surface area contributed by atoms with Crippen molar-refractivity contribution in [3.63, 3.8) is 0 Å². The van der Waals surface area contributed by atoms with Crippen molar-refractivity contribution in [1.82, 2.24) is 4.90 Å². The van der Waals surface area contributed by atoms with Crippen molar-refractivity contribution in [3.05, 3.63) is 71.3 Å². The van der Waals surface area contributed by atoms with E-state index in [0.29, 0.717) is 36.9 Å². The van der Waals surface area contributed by atoms with Gasteiger partial charge in [0.15, 0.2) is 0 Å². The number of hydrogen-bond acceptors (Lipinski definition) is 4. The van der Waals surface area contributed by atoms with E-state index >= 15 is 0 Å². The number of benzene rings is 2. The Kier molecular flexibility index (Phi) is 6.20. The summed E-state index contributed by atoms with van der Waals surface area (Å²) in [6, 6.07) is 16.6.